The molecule has 4 nitrogen and oxygen atoms in total. The number of pyridine rings is 1. The number of carbonyl (C=O) groups excluding carboxylic acids is 1. The minimum absolute atomic E-state index is 0.0569. The molecule has 0 radical (unpaired) electrons. The summed E-state index contributed by atoms with van der Waals surface area (Å²) in [5.41, 5.74) is 0.320. The molecule has 1 aliphatic heterocycles. The van der Waals surface area contributed by atoms with E-state index in [0.29, 0.717) is 10.8 Å². The molecular weight excluding hydrogens is 250 g/mol. The highest BCUT2D eigenvalue weighted by molar-refractivity contribution is 6.32. The van der Waals surface area contributed by atoms with Crippen LogP contribution in [-0.4, -0.2) is 24.0 Å². The molecule has 1 fully saturated rings. The second kappa shape index (κ2) is 5.67. The number of nitrogens with one attached hydrogen (secondary N) is 2. The van der Waals surface area contributed by atoms with Gasteiger partial charge < -0.3 is 10.6 Å². The lowest BCUT2D eigenvalue weighted by atomic mass is 9.76. The largest absolute Gasteiger partial charge is 0.323 e. The molecule has 1 aromatic heterocycles. The van der Waals surface area contributed by atoms with Crippen molar-refractivity contribution in [2.24, 2.45) is 5.41 Å². The van der Waals surface area contributed by atoms with Crippen molar-refractivity contribution in [3.8, 4) is 0 Å². The summed E-state index contributed by atoms with van der Waals surface area (Å²) in [4.78, 5) is 16.4. The molecule has 98 valence electrons. The first-order valence-electron chi connectivity index (χ1n) is 6.31. The highest BCUT2D eigenvalue weighted by atomic mass is 35.5. The zero-order valence-electron chi connectivity index (χ0n) is 10.5. The summed E-state index contributed by atoms with van der Waals surface area (Å²) in [6, 6.07) is 3.54. The van der Waals surface area contributed by atoms with Crippen LogP contribution >= 0.6 is 11.6 Å². The van der Waals surface area contributed by atoms with Gasteiger partial charge in [-0.25, -0.2) is 4.98 Å². The summed E-state index contributed by atoms with van der Waals surface area (Å²) >= 11 is 5.96. The minimum atomic E-state index is -0.273. The smallest absolute Gasteiger partial charge is 0.230 e. The van der Waals surface area contributed by atoms with Gasteiger partial charge in [-0.05, 0) is 44.5 Å². The molecule has 0 unspecified atom stereocenters. The van der Waals surface area contributed by atoms with Crippen molar-refractivity contribution in [1.29, 1.82) is 0 Å². The Hall–Kier alpha value is -1.13. The van der Waals surface area contributed by atoms with Gasteiger partial charge in [0, 0.05) is 6.20 Å². The first-order valence-corrected chi connectivity index (χ1v) is 6.68. The van der Waals surface area contributed by atoms with E-state index in [1.807, 2.05) is 0 Å². The number of halogens is 1. The van der Waals surface area contributed by atoms with Gasteiger partial charge in [-0.2, -0.15) is 0 Å². The Labute approximate surface area is 112 Å². The third kappa shape index (κ3) is 2.65. The van der Waals surface area contributed by atoms with Crippen LogP contribution in [-0.2, 0) is 4.79 Å². The second-order valence-corrected chi connectivity index (χ2v) is 5.04. The topological polar surface area (TPSA) is 54.0 Å². The normalized spacial score (nSPS) is 18.3. The van der Waals surface area contributed by atoms with Crippen LogP contribution in [0.4, 0.5) is 5.69 Å². The standard InChI is InChI=1S/C13H18ClN3O/c1-2-13(5-8-15-9-6-13)12(18)17-10-4-3-7-16-11(10)14/h3-4,7,15H,2,5-6,8-9H2,1H3,(H,17,18). The molecule has 0 saturated carbocycles. The van der Waals surface area contributed by atoms with Gasteiger partial charge in [-0.1, -0.05) is 18.5 Å². The van der Waals surface area contributed by atoms with Crippen LogP contribution in [0.25, 0.3) is 0 Å². The number of hydrogen-bond donors (Lipinski definition) is 2. The number of piperidine rings is 1. The third-order valence-corrected chi connectivity index (χ3v) is 4.03. The van der Waals surface area contributed by atoms with Gasteiger partial charge in [0.05, 0.1) is 11.1 Å². The Morgan fingerprint density at radius 2 is 2.28 bits per heavy atom. The van der Waals surface area contributed by atoms with E-state index >= 15 is 0 Å². The van der Waals surface area contributed by atoms with E-state index in [2.05, 4.69) is 22.5 Å². The van der Waals surface area contributed by atoms with Crippen molar-refractivity contribution in [2.75, 3.05) is 18.4 Å². The molecule has 1 saturated heterocycles. The van der Waals surface area contributed by atoms with E-state index in [9.17, 15) is 4.79 Å². The SMILES string of the molecule is CCC1(C(=O)Nc2cccnc2Cl)CCNCC1. The Morgan fingerprint density at radius 1 is 1.56 bits per heavy atom. The van der Waals surface area contributed by atoms with Crippen molar-refractivity contribution in [3.05, 3.63) is 23.5 Å². The highest BCUT2D eigenvalue weighted by Gasteiger charge is 2.37. The molecular formula is C13H18ClN3O. The number of rotatable bonds is 3. The van der Waals surface area contributed by atoms with E-state index in [-0.39, 0.29) is 11.3 Å². The van der Waals surface area contributed by atoms with Gasteiger partial charge in [-0.3, -0.25) is 4.79 Å². The summed E-state index contributed by atoms with van der Waals surface area (Å²) in [5, 5.41) is 6.53. The molecule has 0 bridgehead atoms. The van der Waals surface area contributed by atoms with E-state index in [1.165, 1.54) is 0 Å². The summed E-state index contributed by atoms with van der Waals surface area (Å²) < 4.78 is 0. The van der Waals surface area contributed by atoms with Crippen molar-refractivity contribution in [3.63, 3.8) is 0 Å². The van der Waals surface area contributed by atoms with Gasteiger partial charge in [0.15, 0.2) is 5.15 Å². The molecule has 1 aromatic rings. The number of anilines is 1. The first-order chi connectivity index (χ1) is 8.68. The lowest BCUT2D eigenvalue weighted by Gasteiger charge is -2.35. The molecule has 0 aliphatic carbocycles. The van der Waals surface area contributed by atoms with Gasteiger partial charge in [-0.15, -0.1) is 0 Å². The van der Waals surface area contributed by atoms with Crippen LogP contribution in [0.2, 0.25) is 5.15 Å². The molecule has 0 spiro atoms. The number of aromatic nitrogens is 1. The van der Waals surface area contributed by atoms with Crippen molar-refractivity contribution >= 4 is 23.2 Å². The summed E-state index contributed by atoms with van der Waals surface area (Å²) in [5.74, 6) is 0.0569. The number of amides is 1. The predicted molar refractivity (Wildman–Crippen MR) is 72.7 cm³/mol. The van der Waals surface area contributed by atoms with Crippen molar-refractivity contribution < 1.29 is 4.79 Å². The number of hydrogen-bond acceptors (Lipinski definition) is 3. The quantitative estimate of drug-likeness (QED) is 0.827. The van der Waals surface area contributed by atoms with Crippen LogP contribution in [0.1, 0.15) is 26.2 Å². The van der Waals surface area contributed by atoms with Crippen molar-refractivity contribution in [2.45, 2.75) is 26.2 Å². The molecule has 0 atom stereocenters. The number of nitrogens with zero attached hydrogens (tertiary/aromatic N) is 1. The predicted octanol–water partition coefficient (Wildman–Crippen LogP) is 2.45. The van der Waals surface area contributed by atoms with E-state index < -0.39 is 0 Å². The van der Waals surface area contributed by atoms with Gasteiger partial charge in [0.25, 0.3) is 0 Å². The molecule has 18 heavy (non-hydrogen) atoms. The van der Waals surface area contributed by atoms with Crippen LogP contribution < -0.4 is 10.6 Å². The average molecular weight is 268 g/mol. The molecule has 1 amide bonds. The summed E-state index contributed by atoms with van der Waals surface area (Å²) in [6.45, 7) is 3.85. The molecule has 2 heterocycles. The van der Waals surface area contributed by atoms with Gasteiger partial charge in [0.2, 0.25) is 5.91 Å². The maximum absolute atomic E-state index is 12.4. The maximum Gasteiger partial charge on any atom is 0.230 e. The Morgan fingerprint density at radius 3 is 2.89 bits per heavy atom. The minimum Gasteiger partial charge on any atom is -0.323 e. The number of carbonyl (C=O) groups is 1. The monoisotopic (exact) mass is 267 g/mol. The summed E-state index contributed by atoms with van der Waals surface area (Å²) in [7, 11) is 0. The third-order valence-electron chi connectivity index (χ3n) is 3.73. The zero-order valence-corrected chi connectivity index (χ0v) is 11.3. The van der Waals surface area contributed by atoms with Crippen molar-refractivity contribution in [1.82, 2.24) is 10.3 Å². The average Bonchev–Trinajstić information content (AvgIpc) is 2.42. The molecule has 2 rings (SSSR count). The molecule has 0 aromatic carbocycles. The highest BCUT2D eigenvalue weighted by Crippen LogP contribution is 2.34. The Balaban J connectivity index is 2.13. The maximum atomic E-state index is 12.4. The zero-order chi connectivity index (χ0) is 13.0. The second-order valence-electron chi connectivity index (χ2n) is 4.68. The van der Waals surface area contributed by atoms with Crippen LogP contribution in [0.5, 0.6) is 0 Å². The Kier molecular flexibility index (Phi) is 4.19. The van der Waals surface area contributed by atoms with Crippen LogP contribution in [0, 0.1) is 5.41 Å². The fraction of sp³-hybridized carbons (Fsp3) is 0.538. The van der Waals surface area contributed by atoms with E-state index in [0.717, 1.165) is 32.4 Å². The lowest BCUT2D eigenvalue weighted by molar-refractivity contribution is -0.127. The van der Waals surface area contributed by atoms with E-state index in [1.54, 1.807) is 18.3 Å². The Bertz CT molecular complexity index is 430. The van der Waals surface area contributed by atoms with Crippen LogP contribution in [0.15, 0.2) is 18.3 Å². The van der Waals surface area contributed by atoms with E-state index in [4.69, 9.17) is 11.6 Å². The fourth-order valence-corrected chi connectivity index (χ4v) is 2.55. The van der Waals surface area contributed by atoms with Gasteiger partial charge in [0.1, 0.15) is 0 Å². The van der Waals surface area contributed by atoms with Crippen LogP contribution in [0.3, 0.4) is 0 Å². The fourth-order valence-electron chi connectivity index (χ4n) is 2.38. The molecule has 5 heteroatoms. The van der Waals surface area contributed by atoms with Gasteiger partial charge >= 0.3 is 0 Å². The first kappa shape index (κ1) is 13.3. The lowest BCUT2D eigenvalue weighted by Crippen LogP contribution is -2.44. The summed E-state index contributed by atoms with van der Waals surface area (Å²) in [6.07, 6.45) is 4.19. The molecule has 2 N–H and O–H groups in total. The molecule has 1 aliphatic rings.